The van der Waals surface area contributed by atoms with Gasteiger partial charge in [-0.2, -0.15) is 0 Å². The number of rotatable bonds is 2. The molecule has 3 N–H and O–H groups in total. The van der Waals surface area contributed by atoms with Crippen LogP contribution in [0, 0.1) is 0 Å². The number of nitrogen functional groups attached to an aromatic ring is 1. The Labute approximate surface area is 82.7 Å². The van der Waals surface area contributed by atoms with Crippen LogP contribution in [-0.2, 0) is 4.74 Å². The second kappa shape index (κ2) is 4.23. The van der Waals surface area contributed by atoms with E-state index in [1.165, 1.54) is 6.33 Å². The quantitative estimate of drug-likeness (QED) is 0.723. The van der Waals surface area contributed by atoms with Crippen LogP contribution in [0.1, 0.15) is 12.8 Å². The van der Waals surface area contributed by atoms with Crippen molar-refractivity contribution in [3.8, 4) is 0 Å². The van der Waals surface area contributed by atoms with Gasteiger partial charge < -0.3 is 15.8 Å². The number of hydrogen-bond acceptors (Lipinski definition) is 5. The van der Waals surface area contributed by atoms with Crippen molar-refractivity contribution >= 4 is 11.6 Å². The highest BCUT2D eigenvalue weighted by atomic mass is 16.5. The lowest BCUT2D eigenvalue weighted by molar-refractivity contribution is 0.0904. The largest absolute Gasteiger partial charge is 0.384 e. The summed E-state index contributed by atoms with van der Waals surface area (Å²) in [7, 11) is 0. The molecule has 0 saturated carbocycles. The van der Waals surface area contributed by atoms with E-state index < -0.39 is 0 Å². The predicted molar refractivity (Wildman–Crippen MR) is 53.9 cm³/mol. The van der Waals surface area contributed by atoms with Crippen LogP contribution in [-0.4, -0.2) is 29.2 Å². The molecule has 2 heterocycles. The van der Waals surface area contributed by atoms with Gasteiger partial charge in [0, 0.05) is 25.3 Å². The molecule has 0 unspecified atom stereocenters. The van der Waals surface area contributed by atoms with Crippen LogP contribution in [0.25, 0.3) is 0 Å². The van der Waals surface area contributed by atoms with Gasteiger partial charge in [0.15, 0.2) is 0 Å². The minimum atomic E-state index is 0.443. The molecule has 0 aliphatic carbocycles. The number of aromatic nitrogens is 2. The minimum Gasteiger partial charge on any atom is -0.384 e. The Kier molecular flexibility index (Phi) is 2.78. The van der Waals surface area contributed by atoms with E-state index in [1.54, 1.807) is 6.07 Å². The molecule has 1 aromatic heterocycles. The molecular weight excluding hydrogens is 180 g/mol. The van der Waals surface area contributed by atoms with Crippen molar-refractivity contribution in [2.75, 3.05) is 24.3 Å². The lowest BCUT2D eigenvalue weighted by Gasteiger charge is -2.23. The minimum absolute atomic E-state index is 0.443. The summed E-state index contributed by atoms with van der Waals surface area (Å²) >= 11 is 0. The maximum absolute atomic E-state index is 5.55. The van der Waals surface area contributed by atoms with Crippen molar-refractivity contribution in [2.24, 2.45) is 0 Å². The molecule has 1 saturated heterocycles. The molecule has 0 aromatic carbocycles. The molecule has 5 heteroatoms. The zero-order valence-electron chi connectivity index (χ0n) is 7.94. The van der Waals surface area contributed by atoms with E-state index in [4.69, 9.17) is 10.5 Å². The maximum atomic E-state index is 5.55. The van der Waals surface area contributed by atoms with Gasteiger partial charge >= 0.3 is 0 Å². The third-order valence-electron chi connectivity index (χ3n) is 2.26. The van der Waals surface area contributed by atoms with E-state index in [9.17, 15) is 0 Å². The summed E-state index contributed by atoms with van der Waals surface area (Å²) in [5.41, 5.74) is 5.55. The second-order valence-electron chi connectivity index (χ2n) is 3.36. The fourth-order valence-electron chi connectivity index (χ4n) is 1.50. The van der Waals surface area contributed by atoms with Gasteiger partial charge in [0.1, 0.15) is 18.0 Å². The van der Waals surface area contributed by atoms with Gasteiger partial charge in [0.05, 0.1) is 0 Å². The van der Waals surface area contributed by atoms with Gasteiger partial charge in [-0.1, -0.05) is 0 Å². The Morgan fingerprint density at radius 3 is 2.86 bits per heavy atom. The van der Waals surface area contributed by atoms with E-state index in [0.717, 1.165) is 31.9 Å². The molecule has 76 valence electrons. The van der Waals surface area contributed by atoms with Crippen LogP contribution in [0.2, 0.25) is 0 Å². The average molecular weight is 194 g/mol. The second-order valence-corrected chi connectivity index (χ2v) is 3.36. The first-order valence-electron chi connectivity index (χ1n) is 4.76. The zero-order chi connectivity index (χ0) is 9.80. The third-order valence-corrected chi connectivity index (χ3v) is 2.26. The van der Waals surface area contributed by atoms with Crippen LogP contribution in [0.4, 0.5) is 11.6 Å². The standard InChI is InChI=1S/C9H14N4O/c10-8-5-9(12-6-11-8)13-7-1-3-14-4-2-7/h5-7H,1-4H2,(H3,10,11,12,13). The molecular formula is C9H14N4O. The maximum Gasteiger partial charge on any atom is 0.131 e. The Balaban J connectivity index is 1.95. The Morgan fingerprint density at radius 2 is 2.14 bits per heavy atom. The van der Waals surface area contributed by atoms with Gasteiger partial charge in [-0.25, -0.2) is 9.97 Å². The van der Waals surface area contributed by atoms with Crippen LogP contribution >= 0.6 is 0 Å². The van der Waals surface area contributed by atoms with Crippen molar-refractivity contribution in [3.63, 3.8) is 0 Å². The summed E-state index contributed by atoms with van der Waals surface area (Å²) in [6.45, 7) is 1.64. The summed E-state index contributed by atoms with van der Waals surface area (Å²) in [4.78, 5) is 7.93. The highest BCUT2D eigenvalue weighted by molar-refractivity contribution is 5.43. The topological polar surface area (TPSA) is 73.1 Å². The lowest BCUT2D eigenvalue weighted by atomic mass is 10.1. The first kappa shape index (κ1) is 9.21. The van der Waals surface area contributed by atoms with E-state index in [-0.39, 0.29) is 0 Å². The molecule has 1 aliphatic rings. The van der Waals surface area contributed by atoms with Crippen LogP contribution in [0.3, 0.4) is 0 Å². The number of nitrogens with one attached hydrogen (secondary N) is 1. The third kappa shape index (κ3) is 2.32. The molecule has 0 atom stereocenters. The van der Waals surface area contributed by atoms with Crippen molar-refractivity contribution in [1.29, 1.82) is 0 Å². The molecule has 1 fully saturated rings. The van der Waals surface area contributed by atoms with Crippen LogP contribution < -0.4 is 11.1 Å². The number of anilines is 2. The number of nitrogens with zero attached hydrogens (tertiary/aromatic N) is 2. The van der Waals surface area contributed by atoms with E-state index in [0.29, 0.717) is 11.9 Å². The monoisotopic (exact) mass is 194 g/mol. The van der Waals surface area contributed by atoms with E-state index in [2.05, 4.69) is 15.3 Å². The molecule has 2 rings (SSSR count). The summed E-state index contributed by atoms with van der Waals surface area (Å²) in [5.74, 6) is 1.29. The highest BCUT2D eigenvalue weighted by Crippen LogP contribution is 2.13. The fraction of sp³-hybridized carbons (Fsp3) is 0.556. The summed E-state index contributed by atoms with van der Waals surface area (Å²) in [6.07, 6.45) is 3.50. The number of ether oxygens (including phenoxy) is 1. The van der Waals surface area contributed by atoms with Crippen molar-refractivity contribution in [1.82, 2.24) is 9.97 Å². The Hall–Kier alpha value is -1.36. The van der Waals surface area contributed by atoms with Crippen molar-refractivity contribution in [3.05, 3.63) is 12.4 Å². The molecule has 0 radical (unpaired) electrons. The van der Waals surface area contributed by atoms with E-state index >= 15 is 0 Å². The van der Waals surface area contributed by atoms with Gasteiger partial charge in [-0.05, 0) is 12.8 Å². The molecule has 1 aliphatic heterocycles. The van der Waals surface area contributed by atoms with Gasteiger partial charge in [0.25, 0.3) is 0 Å². The number of hydrogen-bond donors (Lipinski definition) is 2. The van der Waals surface area contributed by atoms with Gasteiger partial charge in [-0.15, -0.1) is 0 Å². The van der Waals surface area contributed by atoms with Crippen molar-refractivity contribution in [2.45, 2.75) is 18.9 Å². The molecule has 14 heavy (non-hydrogen) atoms. The first-order chi connectivity index (χ1) is 6.84. The summed E-state index contributed by atoms with van der Waals surface area (Å²) < 4.78 is 5.26. The zero-order valence-corrected chi connectivity index (χ0v) is 7.94. The normalized spacial score (nSPS) is 18.0. The highest BCUT2D eigenvalue weighted by Gasteiger charge is 2.13. The number of nitrogens with two attached hydrogens (primary N) is 1. The molecule has 0 amide bonds. The smallest absolute Gasteiger partial charge is 0.131 e. The summed E-state index contributed by atoms with van der Waals surface area (Å²) in [6, 6.07) is 2.19. The molecule has 1 aromatic rings. The van der Waals surface area contributed by atoms with Gasteiger partial charge in [-0.3, -0.25) is 0 Å². The molecule has 0 spiro atoms. The lowest BCUT2D eigenvalue weighted by Crippen LogP contribution is -2.28. The SMILES string of the molecule is Nc1cc(NC2CCOCC2)ncn1. The summed E-state index contributed by atoms with van der Waals surface area (Å²) in [5, 5.41) is 3.31. The predicted octanol–water partition coefficient (Wildman–Crippen LogP) is 0.650. The Morgan fingerprint density at radius 1 is 1.36 bits per heavy atom. The van der Waals surface area contributed by atoms with Crippen LogP contribution in [0.15, 0.2) is 12.4 Å². The Bertz CT molecular complexity index is 299. The van der Waals surface area contributed by atoms with Gasteiger partial charge in [0.2, 0.25) is 0 Å². The fourth-order valence-corrected chi connectivity index (χ4v) is 1.50. The van der Waals surface area contributed by atoms with E-state index in [1.807, 2.05) is 0 Å². The first-order valence-corrected chi connectivity index (χ1v) is 4.76. The average Bonchev–Trinajstić information content (AvgIpc) is 2.19. The molecule has 0 bridgehead atoms. The van der Waals surface area contributed by atoms with Crippen molar-refractivity contribution < 1.29 is 4.74 Å². The van der Waals surface area contributed by atoms with Crippen LogP contribution in [0.5, 0.6) is 0 Å². The molecule has 5 nitrogen and oxygen atoms in total.